The van der Waals surface area contributed by atoms with Crippen LogP contribution in [0.1, 0.15) is 13.8 Å². The molecule has 1 aliphatic rings. The molecule has 112 valence electrons. The Bertz CT molecular complexity index is 696. The number of nitrogens with zero attached hydrogens (tertiary/aromatic N) is 4. The lowest BCUT2D eigenvalue weighted by atomic mass is 10.0. The molecule has 0 spiro atoms. The first-order chi connectivity index (χ1) is 10.1. The minimum Gasteiger partial charge on any atom is -0.354 e. The van der Waals surface area contributed by atoms with Crippen molar-refractivity contribution in [3.63, 3.8) is 0 Å². The second kappa shape index (κ2) is 5.44. The standard InChI is InChI=1S/C15H21N5O/c1-10(2)12-8-20(7-6-19(12)3)13-5-4-11-14(18-13)15(21)17-9-16-11/h4-5,9-10,12H,6-8H2,1-3H3,(H,16,17,21)/t12-/m1/s1. The van der Waals surface area contributed by atoms with Crippen molar-refractivity contribution in [3.8, 4) is 0 Å². The van der Waals surface area contributed by atoms with Crippen molar-refractivity contribution in [2.45, 2.75) is 19.9 Å². The maximum absolute atomic E-state index is 11.9. The predicted molar refractivity (Wildman–Crippen MR) is 83.6 cm³/mol. The van der Waals surface area contributed by atoms with Crippen molar-refractivity contribution in [3.05, 3.63) is 28.8 Å². The maximum Gasteiger partial charge on any atom is 0.277 e. The number of H-pyrrole nitrogens is 1. The smallest absolute Gasteiger partial charge is 0.277 e. The zero-order valence-electron chi connectivity index (χ0n) is 12.7. The van der Waals surface area contributed by atoms with Gasteiger partial charge in [-0.1, -0.05) is 13.8 Å². The highest BCUT2D eigenvalue weighted by molar-refractivity contribution is 5.74. The summed E-state index contributed by atoms with van der Waals surface area (Å²) in [5.41, 5.74) is 0.864. The largest absolute Gasteiger partial charge is 0.354 e. The van der Waals surface area contributed by atoms with Gasteiger partial charge in [-0.05, 0) is 25.1 Å². The van der Waals surface area contributed by atoms with Crippen molar-refractivity contribution >= 4 is 16.9 Å². The molecule has 2 aromatic heterocycles. The van der Waals surface area contributed by atoms with E-state index < -0.39 is 0 Å². The molecule has 6 heteroatoms. The highest BCUT2D eigenvalue weighted by atomic mass is 16.1. The molecule has 0 aliphatic carbocycles. The van der Waals surface area contributed by atoms with Crippen LogP contribution in [0.4, 0.5) is 5.82 Å². The average molecular weight is 287 g/mol. The third-order valence-electron chi connectivity index (χ3n) is 4.26. The molecule has 0 aromatic carbocycles. The predicted octanol–water partition coefficient (Wildman–Crippen LogP) is 1.09. The number of nitrogens with one attached hydrogen (secondary N) is 1. The van der Waals surface area contributed by atoms with Crippen molar-refractivity contribution in [1.29, 1.82) is 0 Å². The third kappa shape index (κ3) is 2.63. The van der Waals surface area contributed by atoms with Crippen molar-refractivity contribution in [1.82, 2.24) is 19.9 Å². The molecule has 0 radical (unpaired) electrons. The van der Waals surface area contributed by atoms with Crippen molar-refractivity contribution in [2.24, 2.45) is 5.92 Å². The number of rotatable bonds is 2. The second-order valence-corrected chi connectivity index (χ2v) is 6.01. The summed E-state index contributed by atoms with van der Waals surface area (Å²) in [4.78, 5) is 27.8. The Balaban J connectivity index is 1.93. The fourth-order valence-electron chi connectivity index (χ4n) is 2.95. The number of piperazine rings is 1. The number of aromatic amines is 1. The molecule has 21 heavy (non-hydrogen) atoms. The van der Waals surface area contributed by atoms with Crippen LogP contribution < -0.4 is 10.5 Å². The van der Waals surface area contributed by atoms with Gasteiger partial charge in [0, 0.05) is 25.7 Å². The lowest BCUT2D eigenvalue weighted by Gasteiger charge is -2.42. The van der Waals surface area contributed by atoms with Gasteiger partial charge in [0.2, 0.25) is 0 Å². The van der Waals surface area contributed by atoms with Crippen molar-refractivity contribution < 1.29 is 0 Å². The van der Waals surface area contributed by atoms with Crippen LogP contribution in [0.25, 0.3) is 11.0 Å². The topological polar surface area (TPSA) is 65.1 Å². The van der Waals surface area contributed by atoms with Gasteiger partial charge >= 0.3 is 0 Å². The minimum atomic E-state index is -0.184. The van der Waals surface area contributed by atoms with E-state index in [0.717, 1.165) is 25.5 Å². The molecule has 6 nitrogen and oxygen atoms in total. The number of hydrogen-bond acceptors (Lipinski definition) is 5. The summed E-state index contributed by atoms with van der Waals surface area (Å²) >= 11 is 0. The Labute approximate surface area is 123 Å². The Morgan fingerprint density at radius 1 is 1.33 bits per heavy atom. The summed E-state index contributed by atoms with van der Waals surface area (Å²) < 4.78 is 0. The van der Waals surface area contributed by atoms with E-state index in [2.05, 4.69) is 45.6 Å². The SMILES string of the molecule is CC(C)[C@H]1CN(c2ccc3nc[nH]c(=O)c3n2)CCN1C. The summed E-state index contributed by atoms with van der Waals surface area (Å²) in [5.74, 6) is 1.45. The maximum atomic E-state index is 11.9. The fraction of sp³-hybridized carbons (Fsp3) is 0.533. The zero-order chi connectivity index (χ0) is 15.0. The Kier molecular flexibility index (Phi) is 3.63. The monoisotopic (exact) mass is 287 g/mol. The molecule has 1 N–H and O–H groups in total. The first kappa shape index (κ1) is 14.0. The van der Waals surface area contributed by atoms with E-state index in [1.165, 1.54) is 6.33 Å². The molecular weight excluding hydrogens is 266 g/mol. The van der Waals surface area contributed by atoms with E-state index in [9.17, 15) is 4.79 Å². The van der Waals surface area contributed by atoms with Gasteiger partial charge in [0.15, 0.2) is 5.52 Å². The second-order valence-electron chi connectivity index (χ2n) is 6.01. The number of hydrogen-bond donors (Lipinski definition) is 1. The highest BCUT2D eigenvalue weighted by Crippen LogP contribution is 2.21. The number of fused-ring (bicyclic) bond motifs is 1. The van der Waals surface area contributed by atoms with Gasteiger partial charge in [0.05, 0.1) is 11.8 Å². The van der Waals surface area contributed by atoms with Crippen LogP contribution in [0.3, 0.4) is 0 Å². The molecule has 1 saturated heterocycles. The molecule has 0 amide bonds. The molecule has 0 saturated carbocycles. The summed E-state index contributed by atoms with van der Waals surface area (Å²) in [6.45, 7) is 7.35. The molecule has 2 aromatic rings. The molecular formula is C15H21N5O. The van der Waals surface area contributed by atoms with Crippen LogP contribution in [0.15, 0.2) is 23.3 Å². The van der Waals surface area contributed by atoms with Crippen LogP contribution in [-0.2, 0) is 0 Å². The Morgan fingerprint density at radius 2 is 2.14 bits per heavy atom. The van der Waals surface area contributed by atoms with Gasteiger partial charge in [-0.25, -0.2) is 9.97 Å². The van der Waals surface area contributed by atoms with E-state index in [1.807, 2.05) is 12.1 Å². The summed E-state index contributed by atoms with van der Waals surface area (Å²) in [6.07, 6.45) is 1.41. The third-order valence-corrected chi connectivity index (χ3v) is 4.26. The fourth-order valence-corrected chi connectivity index (χ4v) is 2.95. The van der Waals surface area contributed by atoms with Crippen LogP contribution >= 0.6 is 0 Å². The number of likely N-dealkylation sites (N-methyl/N-ethyl adjacent to an activating group) is 1. The Hall–Kier alpha value is -1.95. The lowest BCUT2D eigenvalue weighted by molar-refractivity contribution is 0.173. The molecule has 1 atom stereocenters. The first-order valence-electron chi connectivity index (χ1n) is 7.36. The quantitative estimate of drug-likeness (QED) is 0.896. The lowest BCUT2D eigenvalue weighted by Crippen LogP contribution is -2.53. The molecule has 0 unspecified atom stereocenters. The normalized spacial score (nSPS) is 20.4. The number of pyridine rings is 1. The Morgan fingerprint density at radius 3 is 2.90 bits per heavy atom. The molecule has 1 aliphatic heterocycles. The van der Waals surface area contributed by atoms with Crippen LogP contribution in [0.5, 0.6) is 0 Å². The van der Waals surface area contributed by atoms with Crippen LogP contribution in [-0.4, -0.2) is 52.6 Å². The molecule has 0 bridgehead atoms. The van der Waals surface area contributed by atoms with E-state index >= 15 is 0 Å². The van der Waals surface area contributed by atoms with Gasteiger partial charge < -0.3 is 9.88 Å². The summed E-state index contributed by atoms with van der Waals surface area (Å²) in [5, 5.41) is 0. The first-order valence-corrected chi connectivity index (χ1v) is 7.36. The van der Waals surface area contributed by atoms with Crippen LogP contribution in [0.2, 0.25) is 0 Å². The van der Waals surface area contributed by atoms with Crippen LogP contribution in [0, 0.1) is 5.92 Å². The van der Waals surface area contributed by atoms with Gasteiger partial charge in [-0.3, -0.25) is 9.69 Å². The molecule has 1 fully saturated rings. The van der Waals surface area contributed by atoms with E-state index in [0.29, 0.717) is 23.0 Å². The van der Waals surface area contributed by atoms with Gasteiger partial charge in [0.25, 0.3) is 5.56 Å². The number of anilines is 1. The zero-order valence-corrected chi connectivity index (χ0v) is 12.7. The highest BCUT2D eigenvalue weighted by Gasteiger charge is 2.27. The van der Waals surface area contributed by atoms with Gasteiger partial charge in [0.1, 0.15) is 5.82 Å². The minimum absolute atomic E-state index is 0.184. The van der Waals surface area contributed by atoms with Gasteiger partial charge in [-0.2, -0.15) is 0 Å². The van der Waals surface area contributed by atoms with Crippen molar-refractivity contribution in [2.75, 3.05) is 31.6 Å². The molecule has 3 heterocycles. The summed E-state index contributed by atoms with van der Waals surface area (Å²) in [6, 6.07) is 4.33. The average Bonchev–Trinajstić information content (AvgIpc) is 2.47. The number of aromatic nitrogens is 3. The van der Waals surface area contributed by atoms with E-state index in [4.69, 9.17) is 0 Å². The van der Waals surface area contributed by atoms with E-state index in [-0.39, 0.29) is 5.56 Å². The molecule has 3 rings (SSSR count). The van der Waals surface area contributed by atoms with E-state index in [1.54, 1.807) is 0 Å². The summed E-state index contributed by atoms with van der Waals surface area (Å²) in [7, 11) is 2.17. The van der Waals surface area contributed by atoms with Gasteiger partial charge in [-0.15, -0.1) is 0 Å².